The van der Waals surface area contributed by atoms with Gasteiger partial charge >= 0.3 is 12.1 Å². The molecular formula is C15H13F3N6O3. The second kappa shape index (κ2) is 6.70. The molecule has 1 atom stereocenters. The molecule has 9 nitrogen and oxygen atoms in total. The van der Waals surface area contributed by atoms with Crippen LogP contribution in [0, 0.1) is 6.92 Å². The van der Waals surface area contributed by atoms with Gasteiger partial charge in [-0.15, -0.1) is 0 Å². The number of alkyl halides is 3. The number of aliphatic carboxylic acids is 1. The number of imidazole rings is 1. The first-order valence-electron chi connectivity index (χ1n) is 7.60. The number of amides is 1. The highest BCUT2D eigenvalue weighted by atomic mass is 19.4. The summed E-state index contributed by atoms with van der Waals surface area (Å²) in [5, 5.41) is 15.1. The predicted molar refractivity (Wildman–Crippen MR) is 83.9 cm³/mol. The largest absolute Gasteiger partial charge is 0.480 e. The Bertz CT molecular complexity index is 996. The number of nitrogens with one attached hydrogen (secondary N) is 2. The number of halogens is 3. The third-order valence-electron chi connectivity index (χ3n) is 3.72. The summed E-state index contributed by atoms with van der Waals surface area (Å²) in [6.45, 7) is 1.35. The minimum Gasteiger partial charge on any atom is -0.480 e. The molecule has 0 fully saturated rings. The molecule has 0 saturated heterocycles. The summed E-state index contributed by atoms with van der Waals surface area (Å²) in [5.41, 5.74) is -1.16. The molecule has 1 amide bonds. The average molecular weight is 382 g/mol. The van der Waals surface area contributed by atoms with Gasteiger partial charge in [-0.2, -0.15) is 18.3 Å². The molecule has 12 heteroatoms. The van der Waals surface area contributed by atoms with E-state index in [2.05, 4.69) is 25.4 Å². The van der Waals surface area contributed by atoms with Crippen molar-refractivity contribution < 1.29 is 27.9 Å². The Balaban J connectivity index is 1.93. The molecule has 3 rings (SSSR count). The van der Waals surface area contributed by atoms with E-state index in [1.54, 1.807) is 0 Å². The van der Waals surface area contributed by atoms with Crippen LogP contribution in [0.2, 0.25) is 0 Å². The van der Waals surface area contributed by atoms with Crippen molar-refractivity contribution in [2.75, 3.05) is 0 Å². The van der Waals surface area contributed by atoms with Crippen molar-refractivity contribution in [2.45, 2.75) is 25.6 Å². The quantitative estimate of drug-likeness (QED) is 0.609. The number of hydrogen-bond acceptors (Lipinski definition) is 5. The number of carboxylic acids is 1. The topological polar surface area (TPSA) is 125 Å². The number of carbonyl (C=O) groups is 2. The monoisotopic (exact) mass is 382 g/mol. The van der Waals surface area contributed by atoms with Gasteiger partial charge in [-0.25, -0.2) is 19.3 Å². The van der Waals surface area contributed by atoms with Crippen LogP contribution >= 0.6 is 0 Å². The van der Waals surface area contributed by atoms with Crippen molar-refractivity contribution in [1.29, 1.82) is 0 Å². The van der Waals surface area contributed by atoms with Gasteiger partial charge in [-0.1, -0.05) is 0 Å². The Kier molecular flexibility index (Phi) is 4.56. The second-order valence-electron chi connectivity index (χ2n) is 5.72. The maximum Gasteiger partial charge on any atom is 0.433 e. The molecule has 0 radical (unpaired) electrons. The highest BCUT2D eigenvalue weighted by molar-refractivity contribution is 6.01. The maximum absolute atomic E-state index is 13.2. The number of carbonyl (C=O) groups excluding carboxylic acids is 1. The van der Waals surface area contributed by atoms with Gasteiger partial charge in [0.2, 0.25) is 0 Å². The van der Waals surface area contributed by atoms with Crippen molar-refractivity contribution >= 4 is 17.5 Å². The van der Waals surface area contributed by atoms with Crippen LogP contribution in [0.3, 0.4) is 0 Å². The molecule has 3 aromatic rings. The summed E-state index contributed by atoms with van der Waals surface area (Å²) in [5.74, 6) is -2.21. The fourth-order valence-corrected chi connectivity index (χ4v) is 2.50. The maximum atomic E-state index is 13.2. The Morgan fingerprint density at radius 2 is 2.11 bits per heavy atom. The van der Waals surface area contributed by atoms with Crippen LogP contribution in [0.5, 0.6) is 0 Å². The summed E-state index contributed by atoms with van der Waals surface area (Å²) in [6.07, 6.45) is -1.11. The molecule has 3 N–H and O–H groups in total. The molecule has 0 saturated carbocycles. The number of H-pyrrole nitrogens is 1. The van der Waals surface area contributed by atoms with Crippen LogP contribution in [0.4, 0.5) is 13.2 Å². The number of aromatic amines is 1. The molecule has 142 valence electrons. The number of nitrogens with zero attached hydrogens (tertiary/aromatic N) is 4. The average Bonchev–Trinajstić information content (AvgIpc) is 3.21. The Labute approximate surface area is 149 Å². The van der Waals surface area contributed by atoms with E-state index in [1.165, 1.54) is 19.4 Å². The van der Waals surface area contributed by atoms with Crippen LogP contribution < -0.4 is 5.32 Å². The van der Waals surface area contributed by atoms with Crippen LogP contribution in [0.15, 0.2) is 24.8 Å². The lowest BCUT2D eigenvalue weighted by Gasteiger charge is -2.13. The number of hydrogen-bond donors (Lipinski definition) is 3. The third kappa shape index (κ3) is 3.73. The Hall–Kier alpha value is -3.44. The SMILES string of the molecule is Cc1cc(C(F)(F)F)n2ncc(C(=O)N[C@@H](Cc3cnc[nH]3)C(=O)O)c2n1. The molecule has 3 aromatic heterocycles. The zero-order chi connectivity index (χ0) is 19.8. The van der Waals surface area contributed by atoms with Crippen molar-refractivity contribution in [2.24, 2.45) is 0 Å². The summed E-state index contributed by atoms with van der Waals surface area (Å²) < 4.78 is 40.0. The molecule has 0 unspecified atom stereocenters. The normalized spacial score (nSPS) is 12.9. The molecule has 0 aromatic carbocycles. The molecular weight excluding hydrogens is 369 g/mol. The van der Waals surface area contributed by atoms with E-state index in [9.17, 15) is 27.9 Å². The fraction of sp³-hybridized carbons (Fsp3) is 0.267. The first-order chi connectivity index (χ1) is 12.7. The van der Waals surface area contributed by atoms with Gasteiger partial charge in [-0.3, -0.25) is 4.79 Å². The predicted octanol–water partition coefficient (Wildman–Crippen LogP) is 1.21. The minimum absolute atomic E-state index is 0.0385. The van der Waals surface area contributed by atoms with Crippen molar-refractivity contribution in [1.82, 2.24) is 29.9 Å². The number of carboxylic acid groups (broad SMARTS) is 1. The number of aromatic nitrogens is 5. The summed E-state index contributed by atoms with van der Waals surface area (Å²) in [6, 6.07) is -0.514. The van der Waals surface area contributed by atoms with Gasteiger partial charge in [0.15, 0.2) is 5.65 Å². The van der Waals surface area contributed by atoms with E-state index in [0.29, 0.717) is 10.2 Å². The van der Waals surface area contributed by atoms with E-state index in [0.717, 1.165) is 12.3 Å². The zero-order valence-corrected chi connectivity index (χ0v) is 13.8. The van der Waals surface area contributed by atoms with Gasteiger partial charge < -0.3 is 15.4 Å². The standard InChI is InChI=1S/C15H13F3N6O3/c1-7-2-11(15(16,17)18)24-12(22-7)9(5-21-24)13(25)23-10(14(26)27)3-8-4-19-6-20-8/h2,4-6,10H,3H2,1H3,(H,19,20)(H,23,25)(H,26,27)/t10-/m0/s1. The molecule has 0 bridgehead atoms. The van der Waals surface area contributed by atoms with Crippen molar-refractivity contribution in [3.63, 3.8) is 0 Å². The zero-order valence-electron chi connectivity index (χ0n) is 13.8. The van der Waals surface area contributed by atoms with Crippen LogP contribution in [0.1, 0.15) is 27.4 Å². The van der Waals surface area contributed by atoms with Gasteiger partial charge in [0, 0.05) is 24.0 Å². The van der Waals surface area contributed by atoms with Crippen molar-refractivity contribution in [3.05, 3.63) is 47.4 Å². The molecule has 3 heterocycles. The molecule has 0 spiro atoms. The number of rotatable bonds is 5. The van der Waals surface area contributed by atoms with Gasteiger partial charge in [0.1, 0.15) is 17.3 Å². The third-order valence-corrected chi connectivity index (χ3v) is 3.72. The van der Waals surface area contributed by atoms with E-state index in [4.69, 9.17) is 0 Å². The summed E-state index contributed by atoms with van der Waals surface area (Å²) in [7, 11) is 0. The van der Waals surface area contributed by atoms with Crippen LogP contribution in [0.25, 0.3) is 5.65 Å². The number of fused-ring (bicyclic) bond motifs is 1. The Morgan fingerprint density at radius 3 is 2.70 bits per heavy atom. The lowest BCUT2D eigenvalue weighted by atomic mass is 10.1. The number of aryl methyl sites for hydroxylation is 1. The molecule has 0 aliphatic rings. The lowest BCUT2D eigenvalue weighted by Crippen LogP contribution is -2.42. The highest BCUT2D eigenvalue weighted by Crippen LogP contribution is 2.30. The summed E-state index contributed by atoms with van der Waals surface area (Å²) in [4.78, 5) is 34.3. The molecule has 27 heavy (non-hydrogen) atoms. The molecule has 0 aliphatic heterocycles. The van der Waals surface area contributed by atoms with E-state index < -0.39 is 29.8 Å². The van der Waals surface area contributed by atoms with Crippen LogP contribution in [-0.4, -0.2) is 47.6 Å². The van der Waals surface area contributed by atoms with Crippen LogP contribution in [-0.2, 0) is 17.4 Å². The summed E-state index contributed by atoms with van der Waals surface area (Å²) >= 11 is 0. The van der Waals surface area contributed by atoms with E-state index in [-0.39, 0.29) is 23.3 Å². The highest BCUT2D eigenvalue weighted by Gasteiger charge is 2.35. The smallest absolute Gasteiger partial charge is 0.433 e. The van der Waals surface area contributed by atoms with E-state index >= 15 is 0 Å². The first kappa shape index (κ1) is 18.4. The lowest BCUT2D eigenvalue weighted by molar-refractivity contribution is -0.142. The minimum atomic E-state index is -4.70. The van der Waals surface area contributed by atoms with E-state index in [1.807, 2.05) is 0 Å². The van der Waals surface area contributed by atoms with Gasteiger partial charge in [-0.05, 0) is 13.0 Å². The first-order valence-corrected chi connectivity index (χ1v) is 7.60. The van der Waals surface area contributed by atoms with Gasteiger partial charge in [0.05, 0.1) is 12.5 Å². The Morgan fingerprint density at radius 1 is 1.37 bits per heavy atom. The fourth-order valence-electron chi connectivity index (χ4n) is 2.50. The van der Waals surface area contributed by atoms with Crippen molar-refractivity contribution in [3.8, 4) is 0 Å². The molecule has 0 aliphatic carbocycles. The van der Waals surface area contributed by atoms with Gasteiger partial charge in [0.25, 0.3) is 5.91 Å². The second-order valence-corrected chi connectivity index (χ2v) is 5.72.